The molecule has 0 spiro atoms. The number of amides is 1. The van der Waals surface area contributed by atoms with Gasteiger partial charge in [-0.05, 0) is 48.7 Å². The van der Waals surface area contributed by atoms with Gasteiger partial charge in [-0.15, -0.1) is 0 Å². The second kappa shape index (κ2) is 8.85. The first-order valence-corrected chi connectivity index (χ1v) is 8.71. The van der Waals surface area contributed by atoms with Crippen LogP contribution in [0.3, 0.4) is 0 Å². The lowest BCUT2D eigenvalue weighted by atomic mass is 9.94. The molecule has 1 amide bonds. The van der Waals surface area contributed by atoms with Crippen LogP contribution in [0, 0.1) is 0 Å². The third-order valence-electron chi connectivity index (χ3n) is 4.08. The third kappa shape index (κ3) is 5.35. The number of carbonyl (C=O) groups excluding carboxylic acids is 1. The minimum Gasteiger partial charge on any atom is -0.497 e. The van der Waals surface area contributed by atoms with Gasteiger partial charge < -0.3 is 15.4 Å². The Labute approximate surface area is 151 Å². The number of carbonyl (C=O) groups is 1. The number of nitrogens with one attached hydrogen (secondary N) is 2. The highest BCUT2D eigenvalue weighted by Gasteiger charge is 2.15. The number of hydrogen-bond acceptors (Lipinski definition) is 3. The van der Waals surface area contributed by atoms with Crippen molar-refractivity contribution in [1.82, 2.24) is 5.32 Å². The zero-order valence-electron chi connectivity index (χ0n) is 14.2. The van der Waals surface area contributed by atoms with Crippen molar-refractivity contribution in [3.05, 3.63) is 58.6 Å². The second-order valence-electron chi connectivity index (χ2n) is 5.79. The zero-order chi connectivity index (χ0) is 17.5. The van der Waals surface area contributed by atoms with Crippen LogP contribution in [-0.4, -0.2) is 25.6 Å². The normalized spacial score (nSPS) is 13.2. The summed E-state index contributed by atoms with van der Waals surface area (Å²) in [4.78, 5) is 12.1. The number of hydrogen-bond donors (Lipinski definition) is 2. The van der Waals surface area contributed by atoms with Gasteiger partial charge in [0, 0.05) is 16.2 Å². The van der Waals surface area contributed by atoms with Crippen molar-refractivity contribution < 1.29 is 9.53 Å². The molecule has 0 saturated carbocycles. The summed E-state index contributed by atoms with van der Waals surface area (Å²) >= 11 is 3.39. The van der Waals surface area contributed by atoms with Crippen LogP contribution < -0.4 is 15.4 Å². The molecular formula is C19H23BrN2O2. The van der Waals surface area contributed by atoms with Crippen molar-refractivity contribution in [2.24, 2.45) is 0 Å². The Kier molecular flexibility index (Phi) is 6.82. The minimum atomic E-state index is -0.0538. The molecule has 2 aromatic carbocycles. The van der Waals surface area contributed by atoms with Crippen LogP contribution in [0.5, 0.6) is 5.75 Å². The number of anilines is 1. The highest BCUT2D eigenvalue weighted by molar-refractivity contribution is 9.10. The van der Waals surface area contributed by atoms with Crippen molar-refractivity contribution in [2.75, 3.05) is 19.0 Å². The molecule has 2 atom stereocenters. The number of ether oxygens (including phenoxy) is 1. The molecule has 0 aliphatic carbocycles. The molecule has 0 saturated heterocycles. The molecule has 2 rings (SSSR count). The lowest BCUT2D eigenvalue weighted by Crippen LogP contribution is -2.37. The van der Waals surface area contributed by atoms with Crippen LogP contribution in [0.2, 0.25) is 0 Å². The summed E-state index contributed by atoms with van der Waals surface area (Å²) in [6, 6.07) is 15.8. The maximum Gasteiger partial charge on any atom is 0.238 e. The highest BCUT2D eigenvalue weighted by atomic mass is 79.9. The van der Waals surface area contributed by atoms with Gasteiger partial charge in [0.05, 0.1) is 13.7 Å². The fourth-order valence-corrected chi connectivity index (χ4v) is 2.80. The molecule has 2 N–H and O–H groups in total. The SMILES string of the molecule is COc1ccc([C@H](C)[C@@H](C)NCC(=O)Nc2cccc(Br)c2)cc1. The largest absolute Gasteiger partial charge is 0.497 e. The Balaban J connectivity index is 1.84. The molecule has 0 heterocycles. The summed E-state index contributed by atoms with van der Waals surface area (Å²) in [6.45, 7) is 4.50. The first-order valence-electron chi connectivity index (χ1n) is 7.92. The van der Waals surface area contributed by atoms with Crippen LogP contribution in [0.4, 0.5) is 5.69 Å². The molecule has 0 aliphatic rings. The van der Waals surface area contributed by atoms with Gasteiger partial charge in [0.25, 0.3) is 0 Å². The first-order chi connectivity index (χ1) is 11.5. The van der Waals surface area contributed by atoms with Gasteiger partial charge >= 0.3 is 0 Å². The molecule has 0 fully saturated rings. The van der Waals surface area contributed by atoms with Crippen LogP contribution in [-0.2, 0) is 4.79 Å². The summed E-state index contributed by atoms with van der Waals surface area (Å²) in [5, 5.41) is 6.17. The molecule has 0 bridgehead atoms. The predicted molar refractivity (Wildman–Crippen MR) is 102 cm³/mol. The van der Waals surface area contributed by atoms with Crippen molar-refractivity contribution in [3.8, 4) is 5.75 Å². The van der Waals surface area contributed by atoms with Gasteiger partial charge in [0.15, 0.2) is 0 Å². The van der Waals surface area contributed by atoms with E-state index in [0.717, 1.165) is 15.9 Å². The summed E-state index contributed by atoms with van der Waals surface area (Å²) in [7, 11) is 1.66. The van der Waals surface area contributed by atoms with Gasteiger partial charge in [0.2, 0.25) is 5.91 Å². The Hall–Kier alpha value is -1.85. The molecule has 0 aliphatic heterocycles. The van der Waals surface area contributed by atoms with Crippen LogP contribution in [0.15, 0.2) is 53.0 Å². The summed E-state index contributed by atoms with van der Waals surface area (Å²) in [5.74, 6) is 1.08. The fraction of sp³-hybridized carbons (Fsp3) is 0.316. The summed E-state index contributed by atoms with van der Waals surface area (Å²) in [5.41, 5.74) is 2.00. The number of rotatable bonds is 7. The molecular weight excluding hydrogens is 368 g/mol. The van der Waals surface area contributed by atoms with Gasteiger partial charge in [-0.1, -0.05) is 41.1 Å². The molecule has 24 heavy (non-hydrogen) atoms. The lowest BCUT2D eigenvalue weighted by molar-refractivity contribution is -0.115. The average Bonchev–Trinajstić information content (AvgIpc) is 2.59. The topological polar surface area (TPSA) is 50.4 Å². The number of halogens is 1. The van der Waals surface area contributed by atoms with Gasteiger partial charge in [-0.2, -0.15) is 0 Å². The maximum absolute atomic E-state index is 12.1. The minimum absolute atomic E-state index is 0.0538. The van der Waals surface area contributed by atoms with E-state index in [4.69, 9.17) is 4.74 Å². The zero-order valence-corrected chi connectivity index (χ0v) is 15.8. The molecule has 0 radical (unpaired) electrons. The van der Waals surface area contributed by atoms with E-state index in [1.54, 1.807) is 7.11 Å². The van der Waals surface area contributed by atoms with Crippen molar-refractivity contribution in [2.45, 2.75) is 25.8 Å². The van der Waals surface area contributed by atoms with Crippen molar-refractivity contribution in [1.29, 1.82) is 0 Å². The monoisotopic (exact) mass is 390 g/mol. The van der Waals surface area contributed by atoms with E-state index in [-0.39, 0.29) is 24.4 Å². The van der Waals surface area contributed by atoms with E-state index in [2.05, 4.69) is 52.5 Å². The van der Waals surface area contributed by atoms with Crippen LogP contribution in [0.25, 0.3) is 0 Å². The molecule has 2 aromatic rings. The van der Waals surface area contributed by atoms with Crippen molar-refractivity contribution in [3.63, 3.8) is 0 Å². The van der Waals surface area contributed by atoms with Gasteiger partial charge in [-0.3, -0.25) is 4.79 Å². The van der Waals surface area contributed by atoms with E-state index in [1.807, 2.05) is 36.4 Å². The lowest BCUT2D eigenvalue weighted by Gasteiger charge is -2.22. The molecule has 4 nitrogen and oxygen atoms in total. The van der Waals surface area contributed by atoms with E-state index in [1.165, 1.54) is 5.56 Å². The summed E-state index contributed by atoms with van der Waals surface area (Å²) < 4.78 is 6.12. The average molecular weight is 391 g/mol. The van der Waals surface area contributed by atoms with E-state index in [9.17, 15) is 4.79 Å². The smallest absolute Gasteiger partial charge is 0.238 e. The Morgan fingerprint density at radius 1 is 1.17 bits per heavy atom. The van der Waals surface area contributed by atoms with Gasteiger partial charge in [0.1, 0.15) is 5.75 Å². The number of methoxy groups -OCH3 is 1. The number of benzene rings is 2. The second-order valence-corrected chi connectivity index (χ2v) is 6.71. The van der Waals surface area contributed by atoms with E-state index >= 15 is 0 Å². The standard InChI is InChI=1S/C19H23BrN2O2/c1-13(15-7-9-18(24-3)10-8-15)14(2)21-12-19(23)22-17-6-4-5-16(20)11-17/h4-11,13-14,21H,12H2,1-3H3,(H,22,23)/t13-,14-/m1/s1. The van der Waals surface area contributed by atoms with E-state index in [0.29, 0.717) is 0 Å². The van der Waals surface area contributed by atoms with E-state index < -0.39 is 0 Å². The molecule has 5 heteroatoms. The van der Waals surface area contributed by atoms with Crippen LogP contribution >= 0.6 is 15.9 Å². The van der Waals surface area contributed by atoms with Crippen molar-refractivity contribution >= 4 is 27.5 Å². The van der Waals surface area contributed by atoms with Gasteiger partial charge in [-0.25, -0.2) is 0 Å². The van der Waals surface area contributed by atoms with Crippen LogP contribution in [0.1, 0.15) is 25.3 Å². The maximum atomic E-state index is 12.1. The Bertz CT molecular complexity index is 673. The third-order valence-corrected chi connectivity index (χ3v) is 4.58. The molecule has 0 unspecified atom stereocenters. The Morgan fingerprint density at radius 2 is 1.88 bits per heavy atom. The highest BCUT2D eigenvalue weighted by Crippen LogP contribution is 2.22. The fourth-order valence-electron chi connectivity index (χ4n) is 2.40. The summed E-state index contributed by atoms with van der Waals surface area (Å²) in [6.07, 6.45) is 0. The first kappa shape index (κ1) is 18.5. The predicted octanol–water partition coefficient (Wildman–Crippen LogP) is 4.18. The quantitative estimate of drug-likeness (QED) is 0.745. The molecule has 0 aromatic heterocycles. The Morgan fingerprint density at radius 3 is 2.50 bits per heavy atom. The molecule has 128 valence electrons.